The number of carbonyl (C=O) groups excluding carboxylic acids is 1. The van der Waals surface area contributed by atoms with E-state index in [1.165, 1.54) is 24.3 Å². The van der Waals surface area contributed by atoms with Gasteiger partial charge in [0.1, 0.15) is 11.6 Å². The highest BCUT2D eigenvalue weighted by molar-refractivity contribution is 7.09. The summed E-state index contributed by atoms with van der Waals surface area (Å²) < 4.78 is 24.7. The van der Waals surface area contributed by atoms with Gasteiger partial charge in [0.2, 0.25) is 0 Å². The Bertz CT molecular complexity index is 709. The van der Waals surface area contributed by atoms with Crippen molar-refractivity contribution in [2.45, 2.75) is 44.9 Å². The third kappa shape index (κ3) is 4.83. The lowest BCUT2D eigenvalue weighted by Crippen LogP contribution is -2.50. The summed E-state index contributed by atoms with van der Waals surface area (Å²) in [6.07, 6.45) is 2.06. The average Bonchev–Trinajstić information content (AvgIpc) is 3.29. The molecular weight excluding hydrogens is 353 g/mol. The van der Waals surface area contributed by atoms with Gasteiger partial charge in [0, 0.05) is 18.0 Å². The van der Waals surface area contributed by atoms with Crippen molar-refractivity contribution in [2.75, 3.05) is 13.2 Å². The molecule has 0 aliphatic carbocycles. The van der Waals surface area contributed by atoms with E-state index < -0.39 is 5.60 Å². The minimum absolute atomic E-state index is 0.0699. The predicted octanol–water partition coefficient (Wildman–Crippen LogP) is 4.25. The number of nitrogens with zero attached hydrogens (tertiary/aromatic N) is 1. The van der Waals surface area contributed by atoms with Crippen LogP contribution in [-0.2, 0) is 16.1 Å². The molecule has 0 bridgehead atoms. The zero-order valence-corrected chi connectivity index (χ0v) is 15.9. The van der Waals surface area contributed by atoms with Gasteiger partial charge in [-0.2, -0.15) is 0 Å². The van der Waals surface area contributed by atoms with Crippen LogP contribution in [0.5, 0.6) is 5.75 Å². The van der Waals surface area contributed by atoms with Crippen molar-refractivity contribution in [3.8, 4) is 5.75 Å². The largest absolute Gasteiger partial charge is 0.478 e. The second-order valence-corrected chi connectivity index (χ2v) is 8.00. The highest BCUT2D eigenvalue weighted by Crippen LogP contribution is 2.24. The minimum atomic E-state index is -1.06. The number of thiophene rings is 1. The Morgan fingerprint density at radius 3 is 2.73 bits per heavy atom. The van der Waals surface area contributed by atoms with E-state index in [-0.39, 0.29) is 17.8 Å². The number of hydrogen-bond acceptors (Lipinski definition) is 4. The molecule has 0 saturated carbocycles. The molecule has 1 aliphatic rings. The highest BCUT2D eigenvalue weighted by atomic mass is 32.1. The third-order valence-electron chi connectivity index (χ3n) is 4.36. The van der Waals surface area contributed by atoms with Gasteiger partial charge in [-0.25, -0.2) is 4.39 Å². The fourth-order valence-electron chi connectivity index (χ4n) is 3.07. The first kappa shape index (κ1) is 18.9. The van der Waals surface area contributed by atoms with E-state index in [0.717, 1.165) is 24.3 Å². The summed E-state index contributed by atoms with van der Waals surface area (Å²) in [5, 5.41) is 2.00. The molecule has 26 heavy (non-hydrogen) atoms. The van der Waals surface area contributed by atoms with Crippen LogP contribution in [0.2, 0.25) is 0 Å². The minimum Gasteiger partial charge on any atom is -0.478 e. The van der Waals surface area contributed by atoms with E-state index >= 15 is 0 Å². The van der Waals surface area contributed by atoms with Crippen LogP contribution in [0.15, 0.2) is 41.8 Å². The van der Waals surface area contributed by atoms with E-state index in [2.05, 4.69) is 0 Å². The lowest BCUT2D eigenvalue weighted by molar-refractivity contribution is -0.147. The normalized spacial score (nSPS) is 17.3. The Kier molecular flexibility index (Phi) is 5.94. The molecule has 2 heterocycles. The van der Waals surface area contributed by atoms with E-state index in [0.29, 0.717) is 18.8 Å². The number of halogens is 1. The topological polar surface area (TPSA) is 38.8 Å². The smallest absolute Gasteiger partial charge is 0.266 e. The first-order valence-corrected chi connectivity index (χ1v) is 9.70. The molecule has 1 saturated heterocycles. The molecule has 6 heteroatoms. The molecule has 1 atom stereocenters. The monoisotopic (exact) mass is 377 g/mol. The third-order valence-corrected chi connectivity index (χ3v) is 5.22. The quantitative estimate of drug-likeness (QED) is 0.724. The van der Waals surface area contributed by atoms with Crippen molar-refractivity contribution < 1.29 is 18.7 Å². The molecule has 1 aromatic carbocycles. The molecule has 1 aliphatic heterocycles. The van der Waals surface area contributed by atoms with Crippen molar-refractivity contribution in [1.29, 1.82) is 0 Å². The van der Waals surface area contributed by atoms with Crippen molar-refractivity contribution in [1.82, 2.24) is 4.90 Å². The van der Waals surface area contributed by atoms with Crippen LogP contribution >= 0.6 is 11.3 Å². The van der Waals surface area contributed by atoms with Gasteiger partial charge >= 0.3 is 0 Å². The van der Waals surface area contributed by atoms with Gasteiger partial charge in [0.05, 0.1) is 12.6 Å². The highest BCUT2D eigenvalue weighted by Gasteiger charge is 2.36. The lowest BCUT2D eigenvalue weighted by atomic mass is 10.1. The second kappa shape index (κ2) is 8.18. The van der Waals surface area contributed by atoms with E-state index in [9.17, 15) is 9.18 Å². The van der Waals surface area contributed by atoms with Crippen molar-refractivity contribution in [2.24, 2.45) is 0 Å². The Morgan fingerprint density at radius 1 is 1.35 bits per heavy atom. The number of hydrogen-bond donors (Lipinski definition) is 0. The Hall–Kier alpha value is -1.92. The second-order valence-electron chi connectivity index (χ2n) is 6.97. The Labute approximate surface area is 157 Å². The van der Waals surface area contributed by atoms with Gasteiger partial charge in [0.15, 0.2) is 5.60 Å². The molecule has 4 nitrogen and oxygen atoms in total. The SMILES string of the molecule is CC(C)(Oc1ccc(F)cc1)C(=O)N(Cc1cccs1)CC1CCCO1. The zero-order valence-electron chi connectivity index (χ0n) is 15.1. The number of benzene rings is 1. The van der Waals surface area contributed by atoms with Crippen molar-refractivity contribution in [3.05, 3.63) is 52.5 Å². The van der Waals surface area contributed by atoms with Crippen LogP contribution in [0.4, 0.5) is 4.39 Å². The Morgan fingerprint density at radius 2 is 2.12 bits per heavy atom. The molecule has 1 amide bonds. The summed E-state index contributed by atoms with van der Waals surface area (Å²) in [7, 11) is 0. The standard InChI is InChI=1S/C20H24FNO3S/c1-20(2,25-16-9-7-15(21)8-10-16)19(23)22(13-17-5-3-11-24-17)14-18-6-4-12-26-18/h4,6-10,12,17H,3,5,11,13-14H2,1-2H3. The summed E-state index contributed by atoms with van der Waals surface area (Å²) in [5.74, 6) is 0.0304. The molecule has 0 N–H and O–H groups in total. The molecule has 0 spiro atoms. The zero-order chi connectivity index (χ0) is 18.6. The van der Waals surface area contributed by atoms with Gasteiger partial charge in [-0.15, -0.1) is 11.3 Å². The maximum atomic E-state index is 13.2. The van der Waals surface area contributed by atoms with Gasteiger partial charge in [-0.3, -0.25) is 4.79 Å². The van der Waals surface area contributed by atoms with Crippen LogP contribution in [0.3, 0.4) is 0 Å². The molecule has 140 valence electrons. The summed E-state index contributed by atoms with van der Waals surface area (Å²) in [6, 6.07) is 9.72. The summed E-state index contributed by atoms with van der Waals surface area (Å²) in [6.45, 7) is 5.33. The van der Waals surface area contributed by atoms with Gasteiger partial charge < -0.3 is 14.4 Å². The van der Waals surface area contributed by atoms with Gasteiger partial charge in [0.25, 0.3) is 5.91 Å². The number of amides is 1. The first-order valence-electron chi connectivity index (χ1n) is 8.82. The van der Waals surface area contributed by atoms with E-state index in [1.54, 1.807) is 25.2 Å². The molecular formula is C20H24FNO3S. The molecule has 1 unspecified atom stereocenters. The van der Waals surface area contributed by atoms with Crippen LogP contribution in [0.1, 0.15) is 31.6 Å². The fourth-order valence-corrected chi connectivity index (χ4v) is 3.79. The van der Waals surface area contributed by atoms with E-state index in [1.807, 2.05) is 22.4 Å². The number of rotatable bonds is 7. The molecule has 1 fully saturated rings. The number of ether oxygens (including phenoxy) is 2. The number of carbonyl (C=O) groups is 1. The maximum absolute atomic E-state index is 13.2. The molecule has 0 radical (unpaired) electrons. The Balaban J connectivity index is 1.73. The predicted molar refractivity (Wildman–Crippen MR) is 99.8 cm³/mol. The fraction of sp³-hybridized carbons (Fsp3) is 0.450. The lowest BCUT2D eigenvalue weighted by Gasteiger charge is -2.33. The average molecular weight is 377 g/mol. The van der Waals surface area contributed by atoms with Crippen molar-refractivity contribution in [3.63, 3.8) is 0 Å². The molecule has 1 aromatic heterocycles. The van der Waals surface area contributed by atoms with Crippen molar-refractivity contribution >= 4 is 17.2 Å². The maximum Gasteiger partial charge on any atom is 0.266 e. The molecule has 3 rings (SSSR count). The van der Waals surface area contributed by atoms with Gasteiger partial charge in [-0.05, 0) is 62.4 Å². The van der Waals surface area contributed by atoms with Crippen LogP contribution in [0, 0.1) is 5.82 Å². The summed E-state index contributed by atoms with van der Waals surface area (Å²) >= 11 is 1.63. The summed E-state index contributed by atoms with van der Waals surface area (Å²) in [5.41, 5.74) is -1.06. The molecule has 2 aromatic rings. The van der Waals surface area contributed by atoms with Crippen LogP contribution in [0.25, 0.3) is 0 Å². The van der Waals surface area contributed by atoms with Crippen LogP contribution in [-0.4, -0.2) is 35.7 Å². The summed E-state index contributed by atoms with van der Waals surface area (Å²) in [4.78, 5) is 16.2. The van der Waals surface area contributed by atoms with Crippen LogP contribution < -0.4 is 4.74 Å². The first-order chi connectivity index (χ1) is 12.4. The van der Waals surface area contributed by atoms with Gasteiger partial charge in [-0.1, -0.05) is 6.07 Å². The van der Waals surface area contributed by atoms with E-state index in [4.69, 9.17) is 9.47 Å².